The molecule has 1 aliphatic rings. The molecule has 1 heterocycles. The van der Waals surface area contributed by atoms with E-state index in [1.807, 2.05) is 12.1 Å². The van der Waals surface area contributed by atoms with Crippen LogP contribution in [0.1, 0.15) is 54.9 Å². The monoisotopic (exact) mass is 329 g/mol. The third-order valence-corrected chi connectivity index (χ3v) is 4.98. The molecule has 0 saturated heterocycles. The molecule has 3 atom stereocenters. The predicted molar refractivity (Wildman–Crippen MR) is 94.8 cm³/mol. The largest absolute Gasteiger partial charge is 0.493 e. The van der Waals surface area contributed by atoms with E-state index in [0.29, 0.717) is 5.92 Å². The number of benzene rings is 1. The molecule has 3 unspecified atom stereocenters. The normalized spacial score (nSPS) is 20.7. The molecular formula is C20H27NO3. The van der Waals surface area contributed by atoms with Crippen molar-refractivity contribution >= 4 is 0 Å². The van der Waals surface area contributed by atoms with Gasteiger partial charge in [0.1, 0.15) is 11.5 Å². The fourth-order valence-corrected chi connectivity index (χ4v) is 3.23. The number of methoxy groups -OCH3 is 2. The first-order chi connectivity index (χ1) is 11.5. The summed E-state index contributed by atoms with van der Waals surface area (Å²) < 4.78 is 16.7. The molecule has 130 valence electrons. The third-order valence-electron chi connectivity index (χ3n) is 4.98. The zero-order valence-corrected chi connectivity index (χ0v) is 15.2. The topological polar surface area (TPSA) is 43.6 Å². The molecule has 0 bridgehead atoms. The van der Waals surface area contributed by atoms with Gasteiger partial charge in [0, 0.05) is 12.0 Å². The van der Waals surface area contributed by atoms with Gasteiger partial charge in [-0.3, -0.25) is 0 Å². The molecule has 0 amide bonds. The van der Waals surface area contributed by atoms with Gasteiger partial charge in [-0.1, -0.05) is 6.92 Å². The number of aryl methyl sites for hydroxylation is 1. The lowest BCUT2D eigenvalue weighted by Gasteiger charge is -2.18. The van der Waals surface area contributed by atoms with Crippen molar-refractivity contribution in [2.45, 2.75) is 45.7 Å². The maximum Gasteiger partial charge on any atom is 0.161 e. The Labute approximate surface area is 144 Å². The molecule has 3 rings (SSSR count). The van der Waals surface area contributed by atoms with E-state index < -0.39 is 0 Å². The lowest BCUT2D eigenvalue weighted by atomic mass is 10.0. The van der Waals surface area contributed by atoms with E-state index >= 15 is 0 Å². The molecule has 0 spiro atoms. The first kappa shape index (κ1) is 16.9. The maximum absolute atomic E-state index is 5.97. The average Bonchev–Trinajstić information content (AvgIpc) is 3.12. The van der Waals surface area contributed by atoms with Gasteiger partial charge in [0.25, 0.3) is 0 Å². The van der Waals surface area contributed by atoms with E-state index in [0.717, 1.165) is 35.5 Å². The Kier molecular flexibility index (Phi) is 4.86. The molecule has 1 saturated carbocycles. The Balaban J connectivity index is 1.66. The van der Waals surface area contributed by atoms with E-state index in [-0.39, 0.29) is 6.04 Å². The highest BCUT2D eigenvalue weighted by Crippen LogP contribution is 2.47. The summed E-state index contributed by atoms with van der Waals surface area (Å²) in [6.07, 6.45) is 1.25. The number of rotatable bonds is 7. The van der Waals surface area contributed by atoms with Crippen LogP contribution < -0.4 is 14.8 Å². The van der Waals surface area contributed by atoms with Crippen molar-refractivity contribution in [3.63, 3.8) is 0 Å². The van der Waals surface area contributed by atoms with Crippen molar-refractivity contribution in [2.75, 3.05) is 14.2 Å². The molecule has 1 aliphatic carbocycles. The molecule has 24 heavy (non-hydrogen) atoms. The van der Waals surface area contributed by atoms with Crippen LogP contribution in [0.2, 0.25) is 0 Å². The lowest BCUT2D eigenvalue weighted by Crippen LogP contribution is -2.18. The fourth-order valence-electron chi connectivity index (χ4n) is 3.23. The summed E-state index contributed by atoms with van der Waals surface area (Å²) >= 11 is 0. The second kappa shape index (κ2) is 6.89. The standard InChI is InChI=1S/C20H27NO3/c1-12-8-17(12)18-7-6-15(24-18)11-21-14(3)16-10-20(23-5)19(22-4)9-13(16)2/h6-7,9-10,12,14,17,21H,8,11H2,1-5H3. The molecule has 0 radical (unpaired) electrons. The summed E-state index contributed by atoms with van der Waals surface area (Å²) in [7, 11) is 3.33. The van der Waals surface area contributed by atoms with Gasteiger partial charge in [-0.2, -0.15) is 0 Å². The van der Waals surface area contributed by atoms with Crippen LogP contribution in [0.25, 0.3) is 0 Å². The van der Waals surface area contributed by atoms with Crippen LogP contribution >= 0.6 is 0 Å². The Morgan fingerprint density at radius 2 is 1.88 bits per heavy atom. The Hall–Kier alpha value is -1.94. The van der Waals surface area contributed by atoms with Gasteiger partial charge in [-0.05, 0) is 61.6 Å². The Bertz CT molecular complexity index is 707. The molecule has 1 aromatic heterocycles. The maximum atomic E-state index is 5.97. The number of furan rings is 1. The van der Waals surface area contributed by atoms with Gasteiger partial charge >= 0.3 is 0 Å². The van der Waals surface area contributed by atoms with Gasteiger partial charge in [0.05, 0.1) is 20.8 Å². The zero-order valence-electron chi connectivity index (χ0n) is 15.2. The molecule has 4 heteroatoms. The summed E-state index contributed by atoms with van der Waals surface area (Å²) in [4.78, 5) is 0. The van der Waals surface area contributed by atoms with Gasteiger partial charge < -0.3 is 19.2 Å². The first-order valence-corrected chi connectivity index (χ1v) is 8.58. The Morgan fingerprint density at radius 3 is 2.50 bits per heavy atom. The second-order valence-corrected chi connectivity index (χ2v) is 6.79. The number of nitrogens with one attached hydrogen (secondary N) is 1. The van der Waals surface area contributed by atoms with Gasteiger partial charge in [-0.25, -0.2) is 0 Å². The minimum Gasteiger partial charge on any atom is -0.493 e. The van der Waals surface area contributed by atoms with Crippen LogP contribution in [0.3, 0.4) is 0 Å². The summed E-state index contributed by atoms with van der Waals surface area (Å²) in [6.45, 7) is 7.24. The van der Waals surface area contributed by atoms with Crippen LogP contribution in [0, 0.1) is 12.8 Å². The van der Waals surface area contributed by atoms with E-state index in [1.165, 1.54) is 17.5 Å². The van der Waals surface area contributed by atoms with Crippen LogP contribution in [-0.4, -0.2) is 14.2 Å². The van der Waals surface area contributed by atoms with Crippen molar-refractivity contribution in [3.8, 4) is 11.5 Å². The molecule has 0 aliphatic heterocycles. The van der Waals surface area contributed by atoms with Crippen molar-refractivity contribution in [1.29, 1.82) is 0 Å². The molecule has 2 aromatic rings. The molecule has 1 fully saturated rings. The number of ether oxygens (including phenoxy) is 2. The van der Waals surface area contributed by atoms with E-state index in [2.05, 4.69) is 38.2 Å². The molecule has 1 aromatic carbocycles. The smallest absolute Gasteiger partial charge is 0.161 e. The third kappa shape index (κ3) is 3.44. The predicted octanol–water partition coefficient (Wildman–Crippen LogP) is 4.58. The minimum atomic E-state index is 0.193. The SMILES string of the molecule is COc1cc(C)c(C(C)NCc2ccc(C3CC3C)o2)cc1OC. The van der Waals surface area contributed by atoms with Crippen LogP contribution in [0.15, 0.2) is 28.7 Å². The summed E-state index contributed by atoms with van der Waals surface area (Å²) in [5.74, 6) is 5.05. The van der Waals surface area contributed by atoms with E-state index in [9.17, 15) is 0 Å². The summed E-state index contributed by atoms with van der Waals surface area (Å²) in [5, 5.41) is 3.54. The van der Waals surface area contributed by atoms with Gasteiger partial charge in [0.2, 0.25) is 0 Å². The summed E-state index contributed by atoms with van der Waals surface area (Å²) in [6, 6.07) is 8.47. The fraction of sp³-hybridized carbons (Fsp3) is 0.500. The van der Waals surface area contributed by atoms with Crippen molar-refractivity contribution in [2.24, 2.45) is 5.92 Å². The quantitative estimate of drug-likeness (QED) is 0.807. The highest BCUT2D eigenvalue weighted by molar-refractivity contribution is 5.48. The van der Waals surface area contributed by atoms with Crippen LogP contribution in [0.5, 0.6) is 11.5 Å². The first-order valence-electron chi connectivity index (χ1n) is 8.58. The highest BCUT2D eigenvalue weighted by Gasteiger charge is 2.36. The Morgan fingerprint density at radius 1 is 1.21 bits per heavy atom. The van der Waals surface area contributed by atoms with Crippen molar-refractivity contribution in [3.05, 3.63) is 46.9 Å². The lowest BCUT2D eigenvalue weighted by molar-refractivity contribution is 0.353. The summed E-state index contributed by atoms with van der Waals surface area (Å²) in [5.41, 5.74) is 2.38. The second-order valence-electron chi connectivity index (χ2n) is 6.79. The van der Waals surface area contributed by atoms with Gasteiger partial charge in [-0.15, -0.1) is 0 Å². The van der Waals surface area contributed by atoms with Gasteiger partial charge in [0.15, 0.2) is 11.5 Å². The molecule has 4 nitrogen and oxygen atoms in total. The highest BCUT2D eigenvalue weighted by atomic mass is 16.5. The number of hydrogen-bond donors (Lipinski definition) is 1. The van der Waals surface area contributed by atoms with Crippen molar-refractivity contribution in [1.82, 2.24) is 5.32 Å². The number of hydrogen-bond acceptors (Lipinski definition) is 4. The van der Waals surface area contributed by atoms with E-state index in [1.54, 1.807) is 14.2 Å². The average molecular weight is 329 g/mol. The van der Waals surface area contributed by atoms with E-state index in [4.69, 9.17) is 13.9 Å². The van der Waals surface area contributed by atoms with Crippen LogP contribution in [0.4, 0.5) is 0 Å². The minimum absolute atomic E-state index is 0.193. The van der Waals surface area contributed by atoms with Crippen LogP contribution in [-0.2, 0) is 6.54 Å². The molecule has 1 N–H and O–H groups in total. The van der Waals surface area contributed by atoms with Crippen molar-refractivity contribution < 1.29 is 13.9 Å². The zero-order chi connectivity index (χ0) is 17.3. The molecular weight excluding hydrogens is 302 g/mol.